The third kappa shape index (κ3) is 5.57. The fourth-order valence-corrected chi connectivity index (χ4v) is 4.53. The molecule has 3 rings (SSSR count). The lowest BCUT2D eigenvalue weighted by molar-refractivity contribution is -0.132. The van der Waals surface area contributed by atoms with E-state index in [-0.39, 0.29) is 11.9 Å². The van der Waals surface area contributed by atoms with Gasteiger partial charge >= 0.3 is 0 Å². The van der Waals surface area contributed by atoms with Crippen LogP contribution in [0.25, 0.3) is 0 Å². The Morgan fingerprint density at radius 2 is 1.81 bits per heavy atom. The van der Waals surface area contributed by atoms with Crippen molar-refractivity contribution in [1.29, 1.82) is 0 Å². The summed E-state index contributed by atoms with van der Waals surface area (Å²) >= 11 is 3.40. The van der Waals surface area contributed by atoms with Gasteiger partial charge in [0.15, 0.2) is 0 Å². The quantitative estimate of drug-likeness (QED) is 0.760. The minimum atomic E-state index is -0.0339. The normalized spacial score (nSPS) is 19.3. The maximum Gasteiger partial charge on any atom is 0.251 e. The Balaban J connectivity index is 1.39. The molecule has 4 nitrogen and oxygen atoms in total. The highest BCUT2D eigenvalue weighted by Gasteiger charge is 2.25. The van der Waals surface area contributed by atoms with E-state index in [1.54, 1.807) is 0 Å². The number of hydrogen-bond acceptors (Lipinski definition) is 2. The van der Waals surface area contributed by atoms with Crippen molar-refractivity contribution < 1.29 is 9.59 Å². The van der Waals surface area contributed by atoms with Gasteiger partial charge in [0.05, 0.1) is 0 Å². The first-order chi connectivity index (χ1) is 12.6. The summed E-state index contributed by atoms with van der Waals surface area (Å²) in [6.45, 7) is 1.51. The van der Waals surface area contributed by atoms with E-state index in [2.05, 4.69) is 21.2 Å². The van der Waals surface area contributed by atoms with Crippen molar-refractivity contribution in [2.45, 2.75) is 63.8 Å². The number of likely N-dealkylation sites (tertiary alicyclic amines) is 1. The van der Waals surface area contributed by atoms with E-state index in [1.807, 2.05) is 29.2 Å². The van der Waals surface area contributed by atoms with Crippen LogP contribution in [0, 0.1) is 5.92 Å². The molecule has 5 heteroatoms. The van der Waals surface area contributed by atoms with Gasteiger partial charge in [-0.2, -0.15) is 0 Å². The molecular weight excluding hydrogens is 392 g/mol. The van der Waals surface area contributed by atoms with Gasteiger partial charge in [0.1, 0.15) is 0 Å². The van der Waals surface area contributed by atoms with Crippen LogP contribution in [0.4, 0.5) is 0 Å². The number of nitrogens with zero attached hydrogens (tertiary/aromatic N) is 1. The van der Waals surface area contributed by atoms with Gasteiger partial charge in [0.2, 0.25) is 5.91 Å². The van der Waals surface area contributed by atoms with Crippen molar-refractivity contribution in [2.24, 2.45) is 5.92 Å². The molecular formula is C21H29BrN2O2. The predicted octanol–water partition coefficient (Wildman–Crippen LogP) is 4.53. The van der Waals surface area contributed by atoms with Crippen LogP contribution in [0.5, 0.6) is 0 Å². The van der Waals surface area contributed by atoms with E-state index in [0.717, 1.165) is 42.7 Å². The molecule has 0 atom stereocenters. The van der Waals surface area contributed by atoms with Gasteiger partial charge in [-0.3, -0.25) is 9.59 Å². The molecule has 0 unspecified atom stereocenters. The first-order valence-corrected chi connectivity index (χ1v) is 10.8. The Morgan fingerprint density at radius 3 is 2.50 bits per heavy atom. The molecule has 0 radical (unpaired) electrons. The summed E-state index contributed by atoms with van der Waals surface area (Å²) in [5, 5.41) is 3.11. The Hall–Kier alpha value is -1.36. The van der Waals surface area contributed by atoms with Gasteiger partial charge < -0.3 is 10.2 Å². The molecule has 0 bridgehead atoms. The molecule has 1 heterocycles. The number of benzene rings is 1. The summed E-state index contributed by atoms with van der Waals surface area (Å²) in [5.74, 6) is 1.02. The van der Waals surface area contributed by atoms with Crippen LogP contribution in [0.3, 0.4) is 0 Å². The van der Waals surface area contributed by atoms with Crippen LogP contribution in [0.15, 0.2) is 28.7 Å². The number of carbonyl (C=O) groups excluding carboxylic acids is 2. The molecule has 2 amide bonds. The molecule has 1 aromatic rings. The molecule has 1 saturated heterocycles. The van der Waals surface area contributed by atoms with E-state index in [4.69, 9.17) is 0 Å². The molecule has 0 spiro atoms. The molecule has 1 N–H and O–H groups in total. The highest BCUT2D eigenvalue weighted by Crippen LogP contribution is 2.27. The van der Waals surface area contributed by atoms with Crippen LogP contribution in [0.2, 0.25) is 0 Å². The highest BCUT2D eigenvalue weighted by molar-refractivity contribution is 9.10. The molecule has 0 aromatic heterocycles. The topological polar surface area (TPSA) is 49.4 Å². The van der Waals surface area contributed by atoms with Gasteiger partial charge in [-0.05, 0) is 43.4 Å². The lowest BCUT2D eigenvalue weighted by atomic mass is 9.86. The van der Waals surface area contributed by atoms with Crippen LogP contribution in [-0.2, 0) is 4.79 Å². The first kappa shape index (κ1) is 19.4. The van der Waals surface area contributed by atoms with Gasteiger partial charge in [0.25, 0.3) is 5.91 Å². The Bertz CT molecular complexity index is 620. The maximum absolute atomic E-state index is 12.5. The molecule has 26 heavy (non-hydrogen) atoms. The number of rotatable bonds is 5. The van der Waals surface area contributed by atoms with Crippen LogP contribution in [-0.4, -0.2) is 35.8 Å². The first-order valence-electron chi connectivity index (χ1n) is 9.96. The molecule has 2 aliphatic rings. The van der Waals surface area contributed by atoms with E-state index in [9.17, 15) is 9.59 Å². The van der Waals surface area contributed by atoms with E-state index in [0.29, 0.717) is 17.9 Å². The number of piperidine rings is 1. The van der Waals surface area contributed by atoms with Gasteiger partial charge in [0, 0.05) is 35.6 Å². The predicted molar refractivity (Wildman–Crippen MR) is 107 cm³/mol. The average Bonchev–Trinajstić information content (AvgIpc) is 2.67. The van der Waals surface area contributed by atoms with Gasteiger partial charge in [-0.15, -0.1) is 0 Å². The summed E-state index contributed by atoms with van der Waals surface area (Å²) in [4.78, 5) is 26.8. The Kier molecular flexibility index (Phi) is 7.12. The number of hydrogen-bond donors (Lipinski definition) is 1. The minimum absolute atomic E-state index is 0.0339. The van der Waals surface area contributed by atoms with Crippen LogP contribution < -0.4 is 5.32 Å². The number of carbonyl (C=O) groups is 2. The third-order valence-electron chi connectivity index (χ3n) is 5.76. The van der Waals surface area contributed by atoms with Crippen molar-refractivity contribution in [1.82, 2.24) is 10.2 Å². The second kappa shape index (κ2) is 9.54. The smallest absolute Gasteiger partial charge is 0.251 e. The van der Waals surface area contributed by atoms with Gasteiger partial charge in [-0.25, -0.2) is 0 Å². The fourth-order valence-electron chi connectivity index (χ4n) is 4.13. The SMILES string of the molecule is O=C(NC1CCN(C(=O)CCC2CCCCC2)CC1)c1cccc(Br)c1. The summed E-state index contributed by atoms with van der Waals surface area (Å²) in [6.07, 6.45) is 10.1. The van der Waals surface area contributed by atoms with E-state index < -0.39 is 0 Å². The monoisotopic (exact) mass is 420 g/mol. The summed E-state index contributed by atoms with van der Waals surface area (Å²) in [5.41, 5.74) is 0.672. The molecule has 2 fully saturated rings. The van der Waals surface area contributed by atoms with E-state index in [1.165, 1.54) is 32.1 Å². The molecule has 1 aliphatic carbocycles. The highest BCUT2D eigenvalue weighted by atomic mass is 79.9. The number of halogens is 1. The summed E-state index contributed by atoms with van der Waals surface area (Å²) in [7, 11) is 0. The average molecular weight is 421 g/mol. The van der Waals surface area contributed by atoms with Crippen molar-refractivity contribution in [3.8, 4) is 0 Å². The fraction of sp³-hybridized carbons (Fsp3) is 0.619. The second-order valence-electron chi connectivity index (χ2n) is 7.68. The molecule has 1 saturated carbocycles. The van der Waals surface area contributed by atoms with Crippen molar-refractivity contribution in [2.75, 3.05) is 13.1 Å². The summed E-state index contributed by atoms with van der Waals surface area (Å²) in [6, 6.07) is 7.59. The molecule has 142 valence electrons. The minimum Gasteiger partial charge on any atom is -0.349 e. The molecule has 1 aromatic carbocycles. The zero-order valence-corrected chi connectivity index (χ0v) is 17.0. The van der Waals surface area contributed by atoms with Crippen molar-refractivity contribution in [3.05, 3.63) is 34.3 Å². The van der Waals surface area contributed by atoms with Crippen LogP contribution >= 0.6 is 15.9 Å². The van der Waals surface area contributed by atoms with Crippen molar-refractivity contribution in [3.63, 3.8) is 0 Å². The second-order valence-corrected chi connectivity index (χ2v) is 8.60. The molecule has 1 aliphatic heterocycles. The summed E-state index contributed by atoms with van der Waals surface area (Å²) < 4.78 is 0.906. The Labute approximate surface area is 164 Å². The zero-order chi connectivity index (χ0) is 18.4. The maximum atomic E-state index is 12.5. The Morgan fingerprint density at radius 1 is 1.08 bits per heavy atom. The lowest BCUT2D eigenvalue weighted by Crippen LogP contribution is -2.46. The van der Waals surface area contributed by atoms with Crippen molar-refractivity contribution >= 4 is 27.7 Å². The zero-order valence-electron chi connectivity index (χ0n) is 15.4. The van der Waals surface area contributed by atoms with E-state index >= 15 is 0 Å². The third-order valence-corrected chi connectivity index (χ3v) is 6.25. The van der Waals surface area contributed by atoms with Crippen LogP contribution in [0.1, 0.15) is 68.1 Å². The standard InChI is InChI=1S/C21H29BrN2O2/c22-18-8-4-7-17(15-18)21(26)23-19-11-13-24(14-12-19)20(25)10-9-16-5-2-1-3-6-16/h4,7-8,15-16,19H,1-3,5-6,9-14H2,(H,23,26). The lowest BCUT2D eigenvalue weighted by Gasteiger charge is -2.33. The largest absolute Gasteiger partial charge is 0.349 e. The van der Waals surface area contributed by atoms with Gasteiger partial charge in [-0.1, -0.05) is 54.1 Å². The number of nitrogens with one attached hydrogen (secondary N) is 1. The number of amides is 2.